The number of alkyl halides is 3. The molecule has 0 aliphatic heterocycles. The van der Waals surface area contributed by atoms with Crippen LogP contribution in [0.1, 0.15) is 16.1 Å². The van der Waals surface area contributed by atoms with Crippen molar-refractivity contribution < 1.29 is 23.1 Å². The van der Waals surface area contributed by atoms with Gasteiger partial charge in [0.25, 0.3) is 0 Å². The predicted octanol–water partition coefficient (Wildman–Crippen LogP) is 3.20. The van der Waals surface area contributed by atoms with Gasteiger partial charge in [0.05, 0.1) is 11.8 Å². The molecule has 22 heavy (non-hydrogen) atoms. The highest BCUT2D eigenvalue weighted by Gasteiger charge is 2.36. The standard InChI is InChI=1S/C12H6BrF3N4O2/c13-9-8(11(21)22)19-10-7(12(14,15)16)1-5(4-20(9)10)6-2-17-18-3-6/h1-4H,(H,17,18)(H,21,22). The first-order chi connectivity index (χ1) is 10.3. The highest BCUT2D eigenvalue weighted by Crippen LogP contribution is 2.36. The average Bonchev–Trinajstić information content (AvgIpc) is 3.05. The van der Waals surface area contributed by atoms with E-state index in [1.165, 1.54) is 18.6 Å². The molecule has 114 valence electrons. The van der Waals surface area contributed by atoms with Crippen molar-refractivity contribution in [3.05, 3.63) is 40.5 Å². The zero-order valence-corrected chi connectivity index (χ0v) is 12.1. The number of nitrogens with zero attached hydrogens (tertiary/aromatic N) is 3. The summed E-state index contributed by atoms with van der Waals surface area (Å²) in [5.74, 6) is -1.42. The molecule has 10 heteroatoms. The number of hydrogen-bond acceptors (Lipinski definition) is 3. The van der Waals surface area contributed by atoms with Gasteiger partial charge >= 0.3 is 12.1 Å². The Kier molecular flexibility index (Phi) is 3.20. The van der Waals surface area contributed by atoms with E-state index in [9.17, 15) is 18.0 Å². The molecule has 3 heterocycles. The number of pyridine rings is 1. The van der Waals surface area contributed by atoms with Crippen LogP contribution in [0.2, 0.25) is 0 Å². The molecule has 3 aromatic heterocycles. The Morgan fingerprint density at radius 1 is 1.36 bits per heavy atom. The fourth-order valence-corrected chi connectivity index (χ4v) is 2.56. The van der Waals surface area contributed by atoms with Crippen LogP contribution in [0.5, 0.6) is 0 Å². The van der Waals surface area contributed by atoms with Crippen LogP contribution in [0.25, 0.3) is 16.8 Å². The maximum Gasteiger partial charge on any atom is 0.420 e. The Morgan fingerprint density at radius 2 is 2.09 bits per heavy atom. The molecular formula is C12H6BrF3N4O2. The molecule has 0 saturated heterocycles. The molecule has 0 aliphatic rings. The summed E-state index contributed by atoms with van der Waals surface area (Å²) in [7, 11) is 0. The molecule has 0 fully saturated rings. The van der Waals surface area contributed by atoms with E-state index in [0.717, 1.165) is 10.5 Å². The maximum absolute atomic E-state index is 13.2. The lowest BCUT2D eigenvalue weighted by atomic mass is 10.1. The van der Waals surface area contributed by atoms with Gasteiger partial charge < -0.3 is 5.11 Å². The molecule has 0 bridgehead atoms. The molecule has 6 nitrogen and oxygen atoms in total. The van der Waals surface area contributed by atoms with Gasteiger partial charge in [0.15, 0.2) is 11.3 Å². The van der Waals surface area contributed by atoms with Gasteiger partial charge in [-0.3, -0.25) is 9.50 Å². The van der Waals surface area contributed by atoms with Crippen LogP contribution >= 0.6 is 15.9 Å². The number of nitrogens with one attached hydrogen (secondary N) is 1. The predicted molar refractivity (Wildman–Crippen MR) is 72.4 cm³/mol. The minimum Gasteiger partial charge on any atom is -0.476 e. The monoisotopic (exact) mass is 374 g/mol. The van der Waals surface area contributed by atoms with Crippen molar-refractivity contribution in [2.45, 2.75) is 6.18 Å². The number of fused-ring (bicyclic) bond motifs is 1. The molecule has 0 radical (unpaired) electrons. The third kappa shape index (κ3) is 2.25. The number of aromatic carboxylic acids is 1. The number of hydrogen-bond donors (Lipinski definition) is 2. The zero-order valence-electron chi connectivity index (χ0n) is 10.5. The van der Waals surface area contributed by atoms with Crippen molar-refractivity contribution in [3.63, 3.8) is 0 Å². The summed E-state index contributed by atoms with van der Waals surface area (Å²) in [4.78, 5) is 14.6. The second-order valence-corrected chi connectivity index (χ2v) is 5.13. The van der Waals surface area contributed by atoms with Crippen molar-refractivity contribution in [2.75, 3.05) is 0 Å². The van der Waals surface area contributed by atoms with Crippen molar-refractivity contribution in [1.29, 1.82) is 0 Å². The quantitative estimate of drug-likeness (QED) is 0.721. The number of H-pyrrole nitrogens is 1. The summed E-state index contributed by atoms with van der Waals surface area (Å²) in [6.07, 6.45) is -0.519. The van der Waals surface area contributed by atoms with Crippen molar-refractivity contribution in [3.8, 4) is 11.1 Å². The molecule has 0 saturated carbocycles. The Labute approximate surface area is 128 Å². The van der Waals surface area contributed by atoms with Crippen LogP contribution in [0.3, 0.4) is 0 Å². The summed E-state index contributed by atoms with van der Waals surface area (Å²) in [6.45, 7) is 0. The van der Waals surface area contributed by atoms with Gasteiger partial charge in [-0.15, -0.1) is 0 Å². The lowest BCUT2D eigenvalue weighted by molar-refractivity contribution is -0.136. The van der Waals surface area contributed by atoms with E-state index in [1.807, 2.05) is 0 Å². The second-order valence-electron chi connectivity index (χ2n) is 4.38. The Bertz CT molecular complexity index is 871. The third-order valence-corrected chi connectivity index (χ3v) is 3.76. The summed E-state index contributed by atoms with van der Waals surface area (Å²) in [5.41, 5.74) is -1.34. The van der Waals surface area contributed by atoms with Crippen LogP contribution < -0.4 is 0 Å². The van der Waals surface area contributed by atoms with Crippen LogP contribution in [-0.4, -0.2) is 30.7 Å². The van der Waals surface area contributed by atoms with E-state index in [4.69, 9.17) is 5.11 Å². The summed E-state index contributed by atoms with van der Waals surface area (Å²) in [6, 6.07) is 0.908. The molecule has 0 spiro atoms. The first-order valence-corrected chi connectivity index (χ1v) is 6.59. The van der Waals surface area contributed by atoms with Gasteiger partial charge in [0.1, 0.15) is 4.60 Å². The number of imidazole rings is 1. The second kappa shape index (κ2) is 4.83. The van der Waals surface area contributed by atoms with E-state index < -0.39 is 29.1 Å². The van der Waals surface area contributed by atoms with Crippen molar-refractivity contribution in [1.82, 2.24) is 19.6 Å². The number of aromatic nitrogens is 4. The number of carboxylic acid groups (broad SMARTS) is 1. The number of halogens is 4. The van der Waals surface area contributed by atoms with E-state index in [0.29, 0.717) is 5.56 Å². The van der Waals surface area contributed by atoms with Crippen LogP contribution in [0.4, 0.5) is 13.2 Å². The Morgan fingerprint density at radius 3 is 2.64 bits per heavy atom. The molecular weight excluding hydrogens is 369 g/mol. The third-order valence-electron chi connectivity index (χ3n) is 3.00. The number of carboxylic acids is 1. The molecule has 0 atom stereocenters. The van der Waals surface area contributed by atoms with E-state index in [-0.39, 0.29) is 10.2 Å². The van der Waals surface area contributed by atoms with Gasteiger partial charge in [-0.1, -0.05) is 0 Å². The molecule has 3 rings (SSSR count). The minimum atomic E-state index is -4.68. The van der Waals surface area contributed by atoms with Crippen LogP contribution in [0.15, 0.2) is 29.3 Å². The van der Waals surface area contributed by atoms with Crippen molar-refractivity contribution in [2.24, 2.45) is 0 Å². The maximum atomic E-state index is 13.2. The SMILES string of the molecule is O=C(O)c1nc2c(C(F)(F)F)cc(-c3cn[nH]c3)cn2c1Br. The van der Waals surface area contributed by atoms with Crippen LogP contribution in [-0.2, 0) is 6.18 Å². The summed E-state index contributed by atoms with van der Waals surface area (Å²) < 4.78 is 40.7. The Hall–Kier alpha value is -2.36. The Balaban J connectivity index is 2.39. The minimum absolute atomic E-state index is 0.0640. The first kappa shape index (κ1) is 14.6. The number of aromatic amines is 1. The average molecular weight is 375 g/mol. The molecule has 0 unspecified atom stereocenters. The molecule has 2 N–H and O–H groups in total. The highest BCUT2D eigenvalue weighted by atomic mass is 79.9. The van der Waals surface area contributed by atoms with Crippen molar-refractivity contribution >= 4 is 27.5 Å². The smallest absolute Gasteiger partial charge is 0.420 e. The number of carbonyl (C=O) groups is 1. The van der Waals surface area contributed by atoms with Gasteiger partial charge in [-0.25, -0.2) is 9.78 Å². The lowest BCUT2D eigenvalue weighted by Gasteiger charge is -2.10. The van der Waals surface area contributed by atoms with E-state index in [1.54, 1.807) is 0 Å². The highest BCUT2D eigenvalue weighted by molar-refractivity contribution is 9.10. The van der Waals surface area contributed by atoms with Gasteiger partial charge in [0.2, 0.25) is 0 Å². The molecule has 0 amide bonds. The van der Waals surface area contributed by atoms with Gasteiger partial charge in [-0.05, 0) is 22.0 Å². The molecule has 3 aromatic rings. The van der Waals surface area contributed by atoms with E-state index >= 15 is 0 Å². The fraction of sp³-hybridized carbons (Fsp3) is 0.0833. The van der Waals surface area contributed by atoms with Crippen LogP contribution in [0, 0.1) is 0 Å². The van der Waals surface area contributed by atoms with Gasteiger partial charge in [-0.2, -0.15) is 18.3 Å². The topological polar surface area (TPSA) is 83.3 Å². The largest absolute Gasteiger partial charge is 0.476 e. The molecule has 0 aliphatic carbocycles. The first-order valence-electron chi connectivity index (χ1n) is 5.80. The van der Waals surface area contributed by atoms with E-state index in [2.05, 4.69) is 31.1 Å². The summed E-state index contributed by atoms with van der Waals surface area (Å²) >= 11 is 2.98. The molecule has 0 aromatic carbocycles. The fourth-order valence-electron chi connectivity index (χ4n) is 2.03. The lowest BCUT2D eigenvalue weighted by Crippen LogP contribution is -2.08. The number of rotatable bonds is 2. The zero-order chi connectivity index (χ0) is 16.1. The summed E-state index contributed by atoms with van der Waals surface area (Å²) in [5, 5.41) is 15.2. The van der Waals surface area contributed by atoms with Gasteiger partial charge in [0, 0.05) is 23.5 Å². The normalized spacial score (nSPS) is 12.0.